The van der Waals surface area contributed by atoms with Crippen LogP contribution in [0.25, 0.3) is 0 Å². The van der Waals surface area contributed by atoms with Crippen molar-refractivity contribution in [3.63, 3.8) is 0 Å². The molecule has 84 valence electrons. The molecule has 0 bridgehead atoms. The minimum Gasteiger partial charge on any atom is -0.357 e. The lowest BCUT2D eigenvalue weighted by Gasteiger charge is -2.08. The summed E-state index contributed by atoms with van der Waals surface area (Å²) in [4.78, 5) is 11.4. The molecule has 1 atom stereocenters. The highest BCUT2D eigenvalue weighted by Gasteiger charge is 2.06. The van der Waals surface area contributed by atoms with Crippen molar-refractivity contribution >= 4 is 5.91 Å². The molecule has 0 spiro atoms. The van der Waals surface area contributed by atoms with Gasteiger partial charge in [-0.15, -0.1) is 0 Å². The van der Waals surface area contributed by atoms with Gasteiger partial charge in [0.2, 0.25) is 5.91 Å². The molecular formula is C11H19N3O. The number of nitrogens with two attached hydrogens (primary N) is 1. The number of amides is 1. The predicted octanol–water partition coefficient (Wildman–Crippen LogP) is 0.769. The first-order valence-corrected chi connectivity index (χ1v) is 5.25. The molecular weight excluding hydrogens is 190 g/mol. The summed E-state index contributed by atoms with van der Waals surface area (Å²) in [5, 5.41) is 2.85. The molecule has 0 saturated heterocycles. The zero-order chi connectivity index (χ0) is 11.3. The van der Waals surface area contributed by atoms with Crippen LogP contribution in [-0.4, -0.2) is 16.5 Å². The van der Waals surface area contributed by atoms with Crippen molar-refractivity contribution in [2.45, 2.75) is 32.4 Å². The molecule has 15 heavy (non-hydrogen) atoms. The summed E-state index contributed by atoms with van der Waals surface area (Å²) in [6.45, 7) is 2.56. The normalized spacial score (nSPS) is 12.5. The largest absolute Gasteiger partial charge is 0.357 e. The van der Waals surface area contributed by atoms with E-state index in [0.29, 0.717) is 13.0 Å². The van der Waals surface area contributed by atoms with Gasteiger partial charge in [0.05, 0.1) is 0 Å². The smallest absolute Gasteiger partial charge is 0.221 e. The highest BCUT2D eigenvalue weighted by molar-refractivity contribution is 5.76. The van der Waals surface area contributed by atoms with Crippen LogP contribution in [0, 0.1) is 0 Å². The molecule has 1 aromatic rings. The fraction of sp³-hybridized carbons (Fsp3) is 0.545. The molecule has 0 aliphatic rings. The molecule has 4 heteroatoms. The highest BCUT2D eigenvalue weighted by atomic mass is 16.1. The molecule has 0 radical (unpaired) electrons. The van der Waals surface area contributed by atoms with Gasteiger partial charge in [-0.1, -0.05) is 6.92 Å². The van der Waals surface area contributed by atoms with E-state index in [0.717, 1.165) is 12.0 Å². The zero-order valence-corrected chi connectivity index (χ0v) is 9.36. The van der Waals surface area contributed by atoms with Crippen molar-refractivity contribution in [2.75, 3.05) is 0 Å². The van der Waals surface area contributed by atoms with Crippen molar-refractivity contribution < 1.29 is 4.79 Å². The summed E-state index contributed by atoms with van der Waals surface area (Å²) in [6, 6.07) is 1.96. The Hall–Kier alpha value is -1.29. The van der Waals surface area contributed by atoms with Crippen molar-refractivity contribution in [3.8, 4) is 0 Å². The van der Waals surface area contributed by atoms with E-state index in [1.807, 2.05) is 37.0 Å². The van der Waals surface area contributed by atoms with Gasteiger partial charge in [0.1, 0.15) is 0 Å². The van der Waals surface area contributed by atoms with E-state index in [1.54, 1.807) is 0 Å². The van der Waals surface area contributed by atoms with Crippen LogP contribution in [0.4, 0.5) is 0 Å². The maximum Gasteiger partial charge on any atom is 0.221 e. The van der Waals surface area contributed by atoms with Crippen LogP contribution in [0.5, 0.6) is 0 Å². The van der Waals surface area contributed by atoms with Gasteiger partial charge >= 0.3 is 0 Å². The van der Waals surface area contributed by atoms with Crippen LogP contribution in [0.3, 0.4) is 0 Å². The van der Waals surface area contributed by atoms with Crippen molar-refractivity contribution in [3.05, 3.63) is 24.0 Å². The molecule has 0 saturated carbocycles. The lowest BCUT2D eigenvalue weighted by atomic mass is 10.1. The van der Waals surface area contributed by atoms with E-state index in [1.165, 1.54) is 0 Å². The maximum absolute atomic E-state index is 11.4. The average Bonchev–Trinajstić information content (AvgIpc) is 2.61. The first-order chi connectivity index (χ1) is 7.11. The second kappa shape index (κ2) is 5.56. The number of rotatable bonds is 5. The Morgan fingerprint density at radius 2 is 2.40 bits per heavy atom. The van der Waals surface area contributed by atoms with Gasteiger partial charge in [0, 0.05) is 38.4 Å². The lowest BCUT2D eigenvalue weighted by molar-refractivity contribution is -0.121. The Kier molecular flexibility index (Phi) is 4.37. The highest BCUT2D eigenvalue weighted by Crippen LogP contribution is 1.99. The zero-order valence-electron chi connectivity index (χ0n) is 9.36. The van der Waals surface area contributed by atoms with Gasteiger partial charge in [0.15, 0.2) is 0 Å². The molecule has 1 amide bonds. The van der Waals surface area contributed by atoms with Crippen molar-refractivity contribution in [1.29, 1.82) is 0 Å². The second-order valence-corrected chi connectivity index (χ2v) is 3.83. The van der Waals surface area contributed by atoms with Gasteiger partial charge < -0.3 is 15.6 Å². The van der Waals surface area contributed by atoms with Crippen LogP contribution >= 0.6 is 0 Å². The molecule has 0 aromatic carbocycles. The van der Waals surface area contributed by atoms with Crippen molar-refractivity contribution in [1.82, 2.24) is 9.88 Å². The third kappa shape index (κ3) is 4.16. The molecule has 0 aliphatic heterocycles. The van der Waals surface area contributed by atoms with Crippen LogP contribution in [0.2, 0.25) is 0 Å². The predicted molar refractivity (Wildman–Crippen MR) is 60.1 cm³/mol. The summed E-state index contributed by atoms with van der Waals surface area (Å²) in [6.07, 6.45) is 5.18. The third-order valence-corrected chi connectivity index (χ3v) is 2.35. The first kappa shape index (κ1) is 11.8. The average molecular weight is 209 g/mol. The molecule has 1 aromatic heterocycles. The molecule has 1 unspecified atom stereocenters. The molecule has 4 nitrogen and oxygen atoms in total. The van der Waals surface area contributed by atoms with Crippen LogP contribution in [0.15, 0.2) is 18.5 Å². The van der Waals surface area contributed by atoms with Gasteiger partial charge in [-0.3, -0.25) is 4.79 Å². The van der Waals surface area contributed by atoms with E-state index in [9.17, 15) is 4.79 Å². The number of nitrogens with one attached hydrogen (secondary N) is 1. The maximum atomic E-state index is 11.4. The lowest BCUT2D eigenvalue weighted by Crippen LogP contribution is -2.30. The van der Waals surface area contributed by atoms with E-state index in [2.05, 4.69) is 5.32 Å². The Morgan fingerprint density at radius 3 is 2.93 bits per heavy atom. The van der Waals surface area contributed by atoms with E-state index in [4.69, 9.17) is 5.73 Å². The van der Waals surface area contributed by atoms with Crippen molar-refractivity contribution in [2.24, 2.45) is 12.8 Å². The molecule has 3 N–H and O–H groups in total. The SMILES string of the molecule is CCC(N)CC(=O)NCc1ccn(C)c1. The van der Waals surface area contributed by atoms with E-state index in [-0.39, 0.29) is 11.9 Å². The summed E-state index contributed by atoms with van der Waals surface area (Å²) < 4.78 is 1.96. The number of aromatic nitrogens is 1. The topological polar surface area (TPSA) is 60.1 Å². The Morgan fingerprint density at radius 1 is 1.67 bits per heavy atom. The van der Waals surface area contributed by atoms with Gasteiger partial charge in [-0.2, -0.15) is 0 Å². The number of carbonyl (C=O) groups excluding carboxylic acids is 1. The summed E-state index contributed by atoms with van der Waals surface area (Å²) in [5.74, 6) is 0.0215. The third-order valence-electron chi connectivity index (χ3n) is 2.35. The van der Waals surface area contributed by atoms with Crippen LogP contribution in [-0.2, 0) is 18.4 Å². The number of hydrogen-bond acceptors (Lipinski definition) is 2. The number of aryl methyl sites for hydroxylation is 1. The minimum atomic E-state index is -0.0271. The van der Waals surface area contributed by atoms with E-state index >= 15 is 0 Å². The van der Waals surface area contributed by atoms with E-state index < -0.39 is 0 Å². The van der Waals surface area contributed by atoms with Gasteiger partial charge in [-0.25, -0.2) is 0 Å². The number of carbonyl (C=O) groups is 1. The summed E-state index contributed by atoms with van der Waals surface area (Å²) in [5.41, 5.74) is 6.79. The fourth-order valence-corrected chi connectivity index (χ4v) is 1.32. The monoisotopic (exact) mass is 209 g/mol. The second-order valence-electron chi connectivity index (χ2n) is 3.83. The fourth-order valence-electron chi connectivity index (χ4n) is 1.32. The summed E-state index contributed by atoms with van der Waals surface area (Å²) >= 11 is 0. The van der Waals surface area contributed by atoms with Gasteiger partial charge in [0.25, 0.3) is 0 Å². The molecule has 1 rings (SSSR count). The number of hydrogen-bond donors (Lipinski definition) is 2. The Bertz CT molecular complexity index is 319. The summed E-state index contributed by atoms with van der Waals surface area (Å²) in [7, 11) is 1.96. The number of nitrogens with zero attached hydrogens (tertiary/aromatic N) is 1. The Balaban J connectivity index is 2.28. The van der Waals surface area contributed by atoms with Gasteiger partial charge in [-0.05, 0) is 18.1 Å². The van der Waals surface area contributed by atoms with Crippen LogP contribution < -0.4 is 11.1 Å². The standard InChI is InChI=1S/C11H19N3O/c1-3-10(12)6-11(15)13-7-9-4-5-14(2)8-9/h4-5,8,10H,3,6-7,12H2,1-2H3,(H,13,15). The minimum absolute atomic E-state index is 0.0215. The molecule has 0 fully saturated rings. The molecule has 1 heterocycles. The Labute approximate surface area is 90.5 Å². The molecule has 0 aliphatic carbocycles. The first-order valence-electron chi connectivity index (χ1n) is 5.25. The quantitative estimate of drug-likeness (QED) is 0.752. The van der Waals surface area contributed by atoms with Crippen LogP contribution in [0.1, 0.15) is 25.3 Å².